The number of methoxy groups -OCH3 is 1. The molecule has 1 aromatic rings. The molecule has 15 heteroatoms. The van der Waals surface area contributed by atoms with Crippen LogP contribution in [0.4, 0.5) is 9.18 Å². The molecule has 2 N–H and O–H groups in total. The number of aromatic nitrogens is 2. The van der Waals surface area contributed by atoms with Gasteiger partial charge in [0.05, 0.1) is 6.61 Å². The highest BCUT2D eigenvalue weighted by Gasteiger charge is 2.69. The van der Waals surface area contributed by atoms with Crippen LogP contribution in [0.15, 0.2) is 21.9 Å². The van der Waals surface area contributed by atoms with E-state index in [4.69, 9.17) is 28.4 Å². The monoisotopic (exact) mass is 561 g/mol. The number of rotatable bonds is 9. The number of carbonyl (C=O) groups excluding carboxylic acids is 2. The highest BCUT2D eigenvalue weighted by molar-refractivity contribution is 5.81. The van der Waals surface area contributed by atoms with Gasteiger partial charge in [0, 0.05) is 19.4 Å². The van der Waals surface area contributed by atoms with Crippen molar-refractivity contribution in [1.29, 1.82) is 0 Å². The van der Waals surface area contributed by atoms with Gasteiger partial charge in [-0.3, -0.25) is 9.36 Å². The molecule has 14 nitrogen and oxygen atoms in total. The maximum Gasteiger partial charge on any atom is 0.408 e. The zero-order valence-corrected chi connectivity index (χ0v) is 23.0. The molecule has 2 unspecified atom stereocenters. The number of fused-ring (bicyclic) bond motifs is 1. The van der Waals surface area contributed by atoms with Gasteiger partial charge >= 0.3 is 17.8 Å². The van der Waals surface area contributed by atoms with Gasteiger partial charge in [-0.25, -0.2) is 23.3 Å². The van der Waals surface area contributed by atoms with E-state index < -0.39 is 90.9 Å². The quantitative estimate of drug-likeness (QED) is 0.401. The van der Waals surface area contributed by atoms with E-state index in [1.54, 1.807) is 34.6 Å². The normalized spacial score (nSPS) is 29.2. The number of alkyl halides is 1. The van der Waals surface area contributed by atoms with Gasteiger partial charge in [-0.2, -0.15) is 0 Å². The number of nitrogens with one attached hydrogen (secondary N) is 1. The SMILES string of the molecule is COC1O[C@@H]2[C@](CO)(CF)O[C@@H](n3ccc(=O)n(COC(=O)C(NC(=O)OC(C)(C)C)C(C)C)c3=O)[C@]2(C)O1. The van der Waals surface area contributed by atoms with Crippen molar-refractivity contribution in [2.45, 2.75) is 89.9 Å². The Morgan fingerprint density at radius 2 is 1.92 bits per heavy atom. The molecule has 0 aliphatic carbocycles. The Bertz CT molecular complexity index is 1170. The predicted octanol–water partition coefficient (Wildman–Crippen LogP) is 0.394. The molecular formula is C24H36FN3O11. The molecule has 2 aliphatic rings. The zero-order chi connectivity index (χ0) is 29.3. The van der Waals surface area contributed by atoms with Gasteiger partial charge in [-0.15, -0.1) is 0 Å². The summed E-state index contributed by atoms with van der Waals surface area (Å²) in [5.74, 6) is -1.33. The van der Waals surface area contributed by atoms with E-state index in [9.17, 15) is 28.7 Å². The second-order valence-corrected chi connectivity index (χ2v) is 10.9. The maximum absolute atomic E-state index is 14.2. The van der Waals surface area contributed by atoms with Gasteiger partial charge in [0.15, 0.2) is 18.6 Å². The summed E-state index contributed by atoms with van der Waals surface area (Å²) in [5, 5.41) is 12.4. The smallest absolute Gasteiger partial charge is 0.408 e. The molecule has 6 atom stereocenters. The molecule has 2 fully saturated rings. The Labute approximate surface area is 223 Å². The third kappa shape index (κ3) is 6.01. The molecule has 2 aliphatic heterocycles. The van der Waals surface area contributed by atoms with Gasteiger partial charge in [-0.1, -0.05) is 13.8 Å². The molecule has 0 saturated carbocycles. The summed E-state index contributed by atoms with van der Waals surface area (Å²) < 4.78 is 48.4. The number of ether oxygens (including phenoxy) is 6. The average Bonchev–Trinajstić information content (AvgIpc) is 3.31. The number of hydrogen-bond donors (Lipinski definition) is 2. The number of aliphatic hydroxyl groups is 1. The molecule has 3 heterocycles. The largest absolute Gasteiger partial charge is 0.444 e. The van der Waals surface area contributed by atoms with Crippen molar-refractivity contribution in [2.75, 3.05) is 20.4 Å². The molecule has 0 bridgehead atoms. The summed E-state index contributed by atoms with van der Waals surface area (Å²) >= 11 is 0. The second kappa shape index (κ2) is 11.3. The van der Waals surface area contributed by atoms with Gasteiger partial charge in [-0.05, 0) is 33.6 Å². The van der Waals surface area contributed by atoms with Crippen LogP contribution in [0.3, 0.4) is 0 Å². The lowest BCUT2D eigenvalue weighted by molar-refractivity contribution is -0.283. The minimum atomic E-state index is -1.88. The summed E-state index contributed by atoms with van der Waals surface area (Å²) in [5.41, 5.74) is -5.97. The Balaban J connectivity index is 1.87. The van der Waals surface area contributed by atoms with Crippen LogP contribution in [-0.2, 0) is 39.9 Å². The molecule has 0 aromatic carbocycles. The lowest BCUT2D eigenvalue weighted by Crippen LogP contribution is -2.51. The summed E-state index contributed by atoms with van der Waals surface area (Å²) in [6.45, 7) is 5.81. The number of nitrogens with zero attached hydrogens (tertiary/aromatic N) is 2. The number of halogens is 1. The van der Waals surface area contributed by atoms with Crippen molar-refractivity contribution in [3.05, 3.63) is 33.1 Å². The Morgan fingerprint density at radius 1 is 1.26 bits per heavy atom. The molecule has 0 spiro atoms. The standard InChI is InChI=1S/C24H36FN3O11/c1-13(2)15(26-19(32)38-22(3,4)5)16(31)35-12-28-14(30)8-9-27(20(28)33)18-23(6)17(36-21(34-7)39-23)24(10-25,11-29)37-18/h8-9,13,15,17-18,21,29H,10-12H2,1-7H3,(H,26,32)/t15?,17-,18+,21?,23+,24+/m0/s1. The minimum absolute atomic E-state index is 0.418. The minimum Gasteiger partial charge on any atom is -0.444 e. The molecule has 2 saturated heterocycles. The number of hydrogen-bond acceptors (Lipinski definition) is 11. The zero-order valence-electron chi connectivity index (χ0n) is 23.0. The van der Waals surface area contributed by atoms with Crippen LogP contribution in [0.5, 0.6) is 0 Å². The van der Waals surface area contributed by atoms with Gasteiger partial charge in [0.25, 0.3) is 12.0 Å². The topological polar surface area (TPSA) is 166 Å². The van der Waals surface area contributed by atoms with Crippen molar-refractivity contribution < 1.29 is 47.5 Å². The van der Waals surface area contributed by atoms with E-state index in [2.05, 4.69) is 5.32 Å². The van der Waals surface area contributed by atoms with Crippen molar-refractivity contribution in [1.82, 2.24) is 14.5 Å². The van der Waals surface area contributed by atoms with Crippen LogP contribution in [0.2, 0.25) is 0 Å². The summed E-state index contributed by atoms with van der Waals surface area (Å²) in [6, 6.07) is -0.113. The number of amides is 1. The second-order valence-electron chi connectivity index (χ2n) is 10.9. The number of carbonyl (C=O) groups is 2. The third-order valence-electron chi connectivity index (χ3n) is 6.40. The average molecular weight is 562 g/mol. The molecule has 1 amide bonds. The molecule has 1 aromatic heterocycles. The van der Waals surface area contributed by atoms with E-state index in [0.717, 1.165) is 16.8 Å². The van der Waals surface area contributed by atoms with E-state index in [1.165, 1.54) is 14.0 Å². The van der Waals surface area contributed by atoms with E-state index in [0.29, 0.717) is 4.57 Å². The fourth-order valence-electron chi connectivity index (χ4n) is 4.46. The van der Waals surface area contributed by atoms with E-state index in [-0.39, 0.29) is 0 Å². The van der Waals surface area contributed by atoms with Crippen LogP contribution < -0.4 is 16.6 Å². The molecule has 220 valence electrons. The third-order valence-corrected chi connectivity index (χ3v) is 6.40. The highest BCUT2D eigenvalue weighted by atomic mass is 19.1. The van der Waals surface area contributed by atoms with Crippen LogP contribution in [0.1, 0.15) is 47.8 Å². The fraction of sp³-hybridized carbons (Fsp3) is 0.750. The van der Waals surface area contributed by atoms with Crippen LogP contribution >= 0.6 is 0 Å². The Kier molecular flexibility index (Phi) is 8.92. The fourth-order valence-corrected chi connectivity index (χ4v) is 4.46. The summed E-state index contributed by atoms with van der Waals surface area (Å²) in [4.78, 5) is 50.9. The first kappa shape index (κ1) is 30.7. The van der Waals surface area contributed by atoms with Gasteiger partial charge < -0.3 is 38.8 Å². The first-order chi connectivity index (χ1) is 18.1. The first-order valence-corrected chi connectivity index (χ1v) is 12.3. The van der Waals surface area contributed by atoms with Gasteiger partial charge in [0.1, 0.15) is 30.0 Å². The van der Waals surface area contributed by atoms with Crippen molar-refractivity contribution in [2.24, 2.45) is 5.92 Å². The molecular weight excluding hydrogens is 525 g/mol. The van der Waals surface area contributed by atoms with Crippen LogP contribution in [0, 0.1) is 5.92 Å². The molecule has 3 rings (SSSR count). The number of aliphatic hydroxyl groups excluding tert-OH is 1. The van der Waals surface area contributed by atoms with E-state index in [1.807, 2.05) is 0 Å². The van der Waals surface area contributed by atoms with Crippen molar-refractivity contribution in [3.8, 4) is 0 Å². The van der Waals surface area contributed by atoms with Gasteiger partial charge in [0.2, 0.25) is 0 Å². The van der Waals surface area contributed by atoms with Crippen LogP contribution in [0.25, 0.3) is 0 Å². The van der Waals surface area contributed by atoms with E-state index >= 15 is 0 Å². The molecule has 39 heavy (non-hydrogen) atoms. The van der Waals surface area contributed by atoms with Crippen molar-refractivity contribution in [3.63, 3.8) is 0 Å². The first-order valence-electron chi connectivity index (χ1n) is 12.3. The lowest BCUT2D eigenvalue weighted by Gasteiger charge is -2.29. The Morgan fingerprint density at radius 3 is 2.46 bits per heavy atom. The van der Waals surface area contributed by atoms with Crippen LogP contribution in [-0.4, -0.2) is 82.1 Å². The van der Waals surface area contributed by atoms with Crippen molar-refractivity contribution >= 4 is 12.1 Å². The highest BCUT2D eigenvalue weighted by Crippen LogP contribution is 2.52. The maximum atomic E-state index is 14.2. The summed E-state index contributed by atoms with van der Waals surface area (Å²) in [6.07, 6.45) is -2.26. The number of esters is 1. The Hall–Kier alpha value is -2.85. The summed E-state index contributed by atoms with van der Waals surface area (Å²) in [7, 11) is 1.30. The molecule has 0 radical (unpaired) electrons. The predicted molar refractivity (Wildman–Crippen MR) is 130 cm³/mol. The lowest BCUT2D eigenvalue weighted by atomic mass is 9.88. The number of alkyl carbamates (subject to hydrolysis) is 1.